The monoisotopic (exact) mass is 200 g/mol. The van der Waals surface area contributed by atoms with E-state index in [4.69, 9.17) is 11.6 Å². The van der Waals surface area contributed by atoms with E-state index < -0.39 is 0 Å². The minimum Gasteiger partial charge on any atom is -0.390 e. The average Bonchev–Trinajstić information content (AvgIpc) is 2.14. The van der Waals surface area contributed by atoms with Gasteiger partial charge in [-0.1, -0.05) is 31.0 Å². The Morgan fingerprint density at radius 2 is 2.23 bits per heavy atom. The van der Waals surface area contributed by atoms with Crippen LogP contribution in [0.3, 0.4) is 0 Å². The van der Waals surface area contributed by atoms with Crippen LogP contribution in [-0.4, -0.2) is 12.2 Å². The summed E-state index contributed by atoms with van der Waals surface area (Å²) in [4.78, 5) is 4.04. The van der Waals surface area contributed by atoms with Gasteiger partial charge in [0.1, 0.15) is 5.17 Å². The SMILES string of the molecule is CCC/C=C/C(Cl)=N/C=C(\C)NC. The smallest absolute Gasteiger partial charge is 0.128 e. The standard InChI is InChI=1S/C10H17ClN2/c1-4-5-6-7-10(11)13-8-9(2)12-3/h6-8,12H,4-5H2,1-3H3/b7-6+,9-8+,13-10-. The minimum absolute atomic E-state index is 0.517. The number of allylic oxidation sites excluding steroid dienone is 3. The van der Waals surface area contributed by atoms with E-state index in [-0.39, 0.29) is 0 Å². The van der Waals surface area contributed by atoms with E-state index in [1.54, 1.807) is 6.20 Å². The molecular weight excluding hydrogens is 184 g/mol. The predicted molar refractivity (Wildman–Crippen MR) is 60.2 cm³/mol. The molecule has 0 radical (unpaired) electrons. The lowest BCUT2D eigenvalue weighted by Crippen LogP contribution is -2.00. The Kier molecular flexibility index (Phi) is 7.41. The molecule has 0 aliphatic heterocycles. The third-order valence-electron chi connectivity index (χ3n) is 1.49. The molecule has 0 saturated heterocycles. The van der Waals surface area contributed by atoms with Crippen LogP contribution in [0.1, 0.15) is 26.7 Å². The summed E-state index contributed by atoms with van der Waals surface area (Å²) < 4.78 is 0. The molecule has 0 heterocycles. The molecule has 0 amide bonds. The highest BCUT2D eigenvalue weighted by molar-refractivity contribution is 6.68. The molecule has 3 heteroatoms. The highest BCUT2D eigenvalue weighted by Gasteiger charge is 1.84. The van der Waals surface area contributed by atoms with Gasteiger partial charge in [0.25, 0.3) is 0 Å². The summed E-state index contributed by atoms with van der Waals surface area (Å²) in [6.07, 6.45) is 7.73. The first-order valence-corrected chi connectivity index (χ1v) is 4.82. The summed E-state index contributed by atoms with van der Waals surface area (Å²) in [6.45, 7) is 4.06. The predicted octanol–water partition coefficient (Wildman–Crippen LogP) is 3.06. The summed E-state index contributed by atoms with van der Waals surface area (Å²) in [7, 11) is 1.85. The van der Waals surface area contributed by atoms with Gasteiger partial charge in [0.2, 0.25) is 0 Å². The van der Waals surface area contributed by atoms with E-state index >= 15 is 0 Å². The van der Waals surface area contributed by atoms with E-state index in [2.05, 4.69) is 17.2 Å². The van der Waals surface area contributed by atoms with Crippen molar-refractivity contribution < 1.29 is 0 Å². The van der Waals surface area contributed by atoms with Gasteiger partial charge in [-0.25, -0.2) is 4.99 Å². The summed E-state index contributed by atoms with van der Waals surface area (Å²) >= 11 is 5.81. The lowest BCUT2D eigenvalue weighted by atomic mass is 10.3. The summed E-state index contributed by atoms with van der Waals surface area (Å²) in [5, 5.41) is 3.48. The zero-order valence-electron chi connectivity index (χ0n) is 8.47. The number of hydrogen-bond donors (Lipinski definition) is 1. The van der Waals surface area contributed by atoms with Crippen molar-refractivity contribution in [3.8, 4) is 0 Å². The lowest BCUT2D eigenvalue weighted by molar-refractivity contribution is 0.959. The minimum atomic E-state index is 0.517. The largest absolute Gasteiger partial charge is 0.390 e. The Hall–Kier alpha value is -0.760. The van der Waals surface area contributed by atoms with Gasteiger partial charge in [-0.05, 0) is 19.4 Å². The van der Waals surface area contributed by atoms with Gasteiger partial charge in [0.05, 0.1) is 0 Å². The third kappa shape index (κ3) is 7.60. The van der Waals surface area contributed by atoms with Crippen LogP contribution in [0.2, 0.25) is 0 Å². The van der Waals surface area contributed by atoms with E-state index in [0.717, 1.165) is 18.5 Å². The summed E-state index contributed by atoms with van der Waals surface area (Å²) in [5.74, 6) is 0. The Morgan fingerprint density at radius 3 is 2.77 bits per heavy atom. The number of aliphatic imine (C=N–C) groups is 1. The number of rotatable bonds is 5. The van der Waals surface area contributed by atoms with Crippen LogP contribution in [0.4, 0.5) is 0 Å². The summed E-state index contributed by atoms with van der Waals surface area (Å²) in [5.41, 5.74) is 0.988. The van der Waals surface area contributed by atoms with E-state index in [1.165, 1.54) is 0 Å². The first-order valence-electron chi connectivity index (χ1n) is 4.45. The van der Waals surface area contributed by atoms with Crippen molar-refractivity contribution in [3.05, 3.63) is 24.0 Å². The zero-order valence-corrected chi connectivity index (χ0v) is 9.23. The van der Waals surface area contributed by atoms with Crippen LogP contribution in [0.5, 0.6) is 0 Å². The van der Waals surface area contributed by atoms with Crippen molar-refractivity contribution in [2.75, 3.05) is 7.05 Å². The van der Waals surface area contributed by atoms with Crippen molar-refractivity contribution >= 4 is 16.8 Å². The third-order valence-corrected chi connectivity index (χ3v) is 1.71. The second-order valence-electron chi connectivity index (χ2n) is 2.70. The topological polar surface area (TPSA) is 24.4 Å². The first kappa shape index (κ1) is 12.2. The van der Waals surface area contributed by atoms with Crippen molar-refractivity contribution in [2.24, 2.45) is 4.99 Å². The summed E-state index contributed by atoms with van der Waals surface area (Å²) in [6, 6.07) is 0. The van der Waals surface area contributed by atoms with Gasteiger partial charge < -0.3 is 5.32 Å². The second-order valence-corrected chi connectivity index (χ2v) is 3.09. The first-order chi connectivity index (χ1) is 6.20. The van der Waals surface area contributed by atoms with Gasteiger partial charge in [-0.15, -0.1) is 0 Å². The fourth-order valence-electron chi connectivity index (χ4n) is 0.613. The Balaban J connectivity index is 4.02. The number of nitrogens with one attached hydrogen (secondary N) is 1. The van der Waals surface area contributed by atoms with Crippen LogP contribution in [0.25, 0.3) is 0 Å². The molecular formula is C10H17ClN2. The quantitative estimate of drug-likeness (QED) is 0.678. The highest BCUT2D eigenvalue weighted by atomic mass is 35.5. The van der Waals surface area contributed by atoms with Gasteiger partial charge in [-0.3, -0.25) is 0 Å². The van der Waals surface area contributed by atoms with Crippen LogP contribution in [-0.2, 0) is 0 Å². The maximum Gasteiger partial charge on any atom is 0.128 e. The fraction of sp³-hybridized carbons (Fsp3) is 0.500. The molecule has 0 spiro atoms. The average molecular weight is 201 g/mol. The molecule has 13 heavy (non-hydrogen) atoms. The molecule has 0 aromatic carbocycles. The molecule has 0 fully saturated rings. The maximum absolute atomic E-state index is 5.81. The highest BCUT2D eigenvalue weighted by Crippen LogP contribution is 1.95. The van der Waals surface area contributed by atoms with Crippen molar-refractivity contribution in [2.45, 2.75) is 26.7 Å². The number of hydrogen-bond acceptors (Lipinski definition) is 2. The molecule has 0 atom stereocenters. The molecule has 1 N–H and O–H groups in total. The van der Waals surface area contributed by atoms with Crippen molar-refractivity contribution in [1.82, 2.24) is 5.32 Å². The maximum atomic E-state index is 5.81. The molecule has 0 saturated carbocycles. The number of unbranched alkanes of at least 4 members (excludes halogenated alkanes) is 1. The van der Waals surface area contributed by atoms with Gasteiger partial charge in [-0.2, -0.15) is 0 Å². The van der Waals surface area contributed by atoms with Gasteiger partial charge in [0.15, 0.2) is 0 Å². The number of halogens is 1. The molecule has 0 unspecified atom stereocenters. The van der Waals surface area contributed by atoms with Gasteiger partial charge in [0, 0.05) is 18.9 Å². The molecule has 74 valence electrons. The molecule has 0 aliphatic rings. The van der Waals surface area contributed by atoms with Crippen LogP contribution < -0.4 is 5.32 Å². The zero-order chi connectivity index (χ0) is 10.1. The van der Waals surface area contributed by atoms with Crippen LogP contribution in [0, 0.1) is 0 Å². The Morgan fingerprint density at radius 1 is 1.54 bits per heavy atom. The van der Waals surface area contributed by atoms with Crippen molar-refractivity contribution in [1.29, 1.82) is 0 Å². The molecule has 0 aromatic rings. The van der Waals surface area contributed by atoms with Crippen LogP contribution >= 0.6 is 11.6 Å². The van der Waals surface area contributed by atoms with E-state index in [9.17, 15) is 0 Å². The Bertz CT molecular complexity index is 217. The molecule has 2 nitrogen and oxygen atoms in total. The molecule has 0 aromatic heterocycles. The van der Waals surface area contributed by atoms with Gasteiger partial charge >= 0.3 is 0 Å². The second kappa shape index (κ2) is 7.87. The molecule has 0 rings (SSSR count). The Labute approximate surface area is 85.4 Å². The van der Waals surface area contributed by atoms with Crippen LogP contribution in [0.15, 0.2) is 29.0 Å². The van der Waals surface area contributed by atoms with E-state index in [1.807, 2.05) is 26.1 Å². The number of nitrogens with zero attached hydrogens (tertiary/aromatic N) is 1. The lowest BCUT2D eigenvalue weighted by Gasteiger charge is -1.94. The van der Waals surface area contributed by atoms with Crippen molar-refractivity contribution in [3.63, 3.8) is 0 Å². The fourth-order valence-corrected chi connectivity index (χ4v) is 0.751. The molecule has 0 aliphatic carbocycles. The molecule has 0 bridgehead atoms. The van der Waals surface area contributed by atoms with E-state index in [0.29, 0.717) is 5.17 Å². The normalized spacial score (nSPS) is 13.8.